The Labute approximate surface area is 113 Å². The lowest BCUT2D eigenvalue weighted by Crippen LogP contribution is -2.37. The van der Waals surface area contributed by atoms with Gasteiger partial charge in [0.1, 0.15) is 5.84 Å². The van der Waals surface area contributed by atoms with Gasteiger partial charge in [0.25, 0.3) is 0 Å². The fraction of sp³-hybridized carbons (Fsp3) is 0.500. The predicted molar refractivity (Wildman–Crippen MR) is 75.3 cm³/mol. The van der Waals surface area contributed by atoms with E-state index in [1.165, 1.54) is 18.4 Å². The van der Waals surface area contributed by atoms with Crippen molar-refractivity contribution >= 4 is 17.4 Å². The minimum absolute atomic E-state index is 0.212. The Hall–Kier alpha value is -1.06. The normalized spacial score (nSPS) is 21.7. The Morgan fingerprint density at radius 2 is 2.00 bits per heavy atom. The Morgan fingerprint density at radius 1 is 1.22 bits per heavy atom. The summed E-state index contributed by atoms with van der Waals surface area (Å²) in [5, 5.41) is 4.25. The zero-order chi connectivity index (χ0) is 12.4. The van der Waals surface area contributed by atoms with Gasteiger partial charge in [-0.2, -0.15) is 0 Å². The van der Waals surface area contributed by atoms with E-state index in [0.29, 0.717) is 0 Å². The number of aliphatic imine (C=N–C) groups is 1. The molecule has 0 amide bonds. The lowest BCUT2D eigenvalue weighted by Gasteiger charge is -2.28. The molecule has 1 unspecified atom stereocenters. The van der Waals surface area contributed by atoms with Crippen LogP contribution in [0.3, 0.4) is 0 Å². The summed E-state index contributed by atoms with van der Waals surface area (Å²) in [4.78, 5) is 7.09. The van der Waals surface area contributed by atoms with E-state index >= 15 is 0 Å². The highest BCUT2D eigenvalue weighted by Crippen LogP contribution is 2.31. The van der Waals surface area contributed by atoms with Crippen LogP contribution in [0.1, 0.15) is 24.4 Å². The van der Waals surface area contributed by atoms with E-state index < -0.39 is 0 Å². The van der Waals surface area contributed by atoms with Crippen LogP contribution in [0.2, 0.25) is 5.02 Å². The number of likely N-dealkylation sites (tertiary alicyclic amines) is 1. The predicted octanol–water partition coefficient (Wildman–Crippen LogP) is 2.48. The van der Waals surface area contributed by atoms with Gasteiger partial charge in [-0.1, -0.05) is 29.8 Å². The van der Waals surface area contributed by atoms with Crippen LogP contribution >= 0.6 is 11.6 Å². The summed E-state index contributed by atoms with van der Waals surface area (Å²) in [6.07, 6.45) is 2.54. The molecule has 0 aliphatic carbocycles. The van der Waals surface area contributed by atoms with Crippen molar-refractivity contribution < 1.29 is 0 Å². The average molecular weight is 264 g/mol. The number of hydrogen-bond acceptors (Lipinski definition) is 3. The van der Waals surface area contributed by atoms with E-state index in [1.807, 2.05) is 12.1 Å². The smallest absolute Gasteiger partial charge is 0.119 e. The van der Waals surface area contributed by atoms with Crippen molar-refractivity contribution in [3.05, 3.63) is 34.9 Å². The largest absolute Gasteiger partial charge is 0.370 e. The minimum atomic E-state index is 0.212. The molecule has 18 heavy (non-hydrogen) atoms. The molecule has 0 spiro atoms. The molecule has 0 bridgehead atoms. The first-order chi connectivity index (χ1) is 8.86. The van der Waals surface area contributed by atoms with E-state index in [9.17, 15) is 0 Å². The van der Waals surface area contributed by atoms with Crippen LogP contribution in [-0.2, 0) is 0 Å². The maximum Gasteiger partial charge on any atom is 0.119 e. The molecule has 1 aromatic carbocycles. The van der Waals surface area contributed by atoms with Gasteiger partial charge in [-0.25, -0.2) is 0 Å². The highest BCUT2D eigenvalue weighted by Gasteiger charge is 2.30. The first-order valence-corrected chi connectivity index (χ1v) is 7.01. The molecule has 2 heterocycles. The zero-order valence-electron chi connectivity index (χ0n) is 10.4. The number of nitrogens with zero attached hydrogens (tertiary/aromatic N) is 2. The number of benzene rings is 1. The molecule has 1 N–H and O–H groups in total. The van der Waals surface area contributed by atoms with E-state index in [4.69, 9.17) is 11.6 Å². The summed E-state index contributed by atoms with van der Waals surface area (Å²) in [6.45, 7) is 4.10. The molecule has 96 valence electrons. The van der Waals surface area contributed by atoms with Crippen LogP contribution in [0.15, 0.2) is 29.3 Å². The molecule has 1 aromatic rings. The van der Waals surface area contributed by atoms with Crippen LogP contribution in [-0.4, -0.2) is 36.9 Å². The summed E-state index contributed by atoms with van der Waals surface area (Å²) in [7, 11) is 0. The summed E-state index contributed by atoms with van der Waals surface area (Å²) < 4.78 is 0. The van der Waals surface area contributed by atoms with E-state index in [0.717, 1.165) is 37.0 Å². The van der Waals surface area contributed by atoms with Gasteiger partial charge in [0.15, 0.2) is 0 Å². The summed E-state index contributed by atoms with van der Waals surface area (Å²) in [5.74, 6) is 1.09. The van der Waals surface area contributed by atoms with Gasteiger partial charge in [0.2, 0.25) is 0 Å². The Kier molecular flexibility index (Phi) is 3.52. The van der Waals surface area contributed by atoms with Crippen LogP contribution in [0.5, 0.6) is 0 Å². The van der Waals surface area contributed by atoms with Crippen LogP contribution in [0.25, 0.3) is 0 Å². The van der Waals surface area contributed by atoms with E-state index in [2.05, 4.69) is 27.3 Å². The van der Waals surface area contributed by atoms with Crippen molar-refractivity contribution in [1.29, 1.82) is 0 Å². The van der Waals surface area contributed by atoms with Gasteiger partial charge in [0, 0.05) is 11.6 Å². The van der Waals surface area contributed by atoms with Gasteiger partial charge in [-0.15, -0.1) is 0 Å². The van der Waals surface area contributed by atoms with Crippen LogP contribution < -0.4 is 5.32 Å². The first-order valence-electron chi connectivity index (χ1n) is 6.63. The number of nitrogens with one attached hydrogen (secondary N) is 1. The average Bonchev–Trinajstić information content (AvgIpc) is 3.05. The van der Waals surface area contributed by atoms with Crippen molar-refractivity contribution in [3.8, 4) is 0 Å². The van der Waals surface area contributed by atoms with Gasteiger partial charge >= 0.3 is 0 Å². The Balaban J connectivity index is 1.96. The Morgan fingerprint density at radius 3 is 2.67 bits per heavy atom. The molecule has 3 nitrogen and oxygen atoms in total. The van der Waals surface area contributed by atoms with Crippen molar-refractivity contribution in [1.82, 2.24) is 10.2 Å². The molecule has 0 saturated carbocycles. The minimum Gasteiger partial charge on any atom is -0.370 e. The van der Waals surface area contributed by atoms with Crippen LogP contribution in [0.4, 0.5) is 0 Å². The molecule has 1 atom stereocenters. The monoisotopic (exact) mass is 263 g/mol. The number of hydrogen-bond donors (Lipinski definition) is 1. The molecule has 1 saturated heterocycles. The number of halogens is 1. The fourth-order valence-corrected chi connectivity index (χ4v) is 3.05. The van der Waals surface area contributed by atoms with E-state index in [-0.39, 0.29) is 6.04 Å². The molecular weight excluding hydrogens is 246 g/mol. The second-order valence-corrected chi connectivity index (χ2v) is 5.27. The zero-order valence-corrected chi connectivity index (χ0v) is 11.2. The quantitative estimate of drug-likeness (QED) is 0.907. The lowest BCUT2D eigenvalue weighted by molar-refractivity contribution is 0.301. The van der Waals surface area contributed by atoms with E-state index in [1.54, 1.807) is 0 Å². The topological polar surface area (TPSA) is 27.6 Å². The highest BCUT2D eigenvalue weighted by molar-refractivity contribution is 6.31. The number of amidine groups is 1. The molecule has 0 radical (unpaired) electrons. The third kappa shape index (κ3) is 2.25. The molecule has 2 aliphatic rings. The standard InChI is InChI=1S/C14H18ClN3/c15-12-6-2-1-5-11(12)13(14-16-7-8-17-14)18-9-3-4-10-18/h1-2,5-6,13H,3-4,7-10H2,(H,16,17). The summed E-state index contributed by atoms with van der Waals surface area (Å²) in [6, 6.07) is 8.34. The maximum absolute atomic E-state index is 6.37. The molecule has 3 rings (SSSR count). The van der Waals surface area contributed by atoms with Crippen molar-refractivity contribution in [2.24, 2.45) is 4.99 Å². The SMILES string of the molecule is Clc1ccccc1C(C1=NCCN1)N1CCCC1. The van der Waals surface area contributed by atoms with Crippen molar-refractivity contribution in [3.63, 3.8) is 0 Å². The van der Waals surface area contributed by atoms with Crippen molar-refractivity contribution in [2.75, 3.05) is 26.2 Å². The maximum atomic E-state index is 6.37. The lowest BCUT2D eigenvalue weighted by atomic mass is 10.0. The van der Waals surface area contributed by atoms with Gasteiger partial charge in [-0.3, -0.25) is 9.89 Å². The second-order valence-electron chi connectivity index (χ2n) is 4.86. The molecule has 0 aromatic heterocycles. The van der Waals surface area contributed by atoms with Crippen LogP contribution in [0, 0.1) is 0 Å². The third-order valence-corrected chi connectivity index (χ3v) is 4.01. The Bertz CT molecular complexity index is 452. The molecular formula is C14H18ClN3. The molecule has 4 heteroatoms. The van der Waals surface area contributed by atoms with Gasteiger partial charge in [-0.05, 0) is 37.6 Å². The third-order valence-electron chi connectivity index (χ3n) is 3.66. The number of rotatable bonds is 3. The molecule has 1 fully saturated rings. The highest BCUT2D eigenvalue weighted by atomic mass is 35.5. The molecule has 2 aliphatic heterocycles. The first kappa shape index (κ1) is 12.0. The van der Waals surface area contributed by atoms with Gasteiger partial charge < -0.3 is 5.32 Å². The second kappa shape index (κ2) is 5.29. The summed E-state index contributed by atoms with van der Waals surface area (Å²) in [5.41, 5.74) is 1.18. The van der Waals surface area contributed by atoms with Gasteiger partial charge in [0.05, 0.1) is 12.6 Å². The van der Waals surface area contributed by atoms with Crippen molar-refractivity contribution in [2.45, 2.75) is 18.9 Å². The summed E-state index contributed by atoms with van der Waals surface area (Å²) >= 11 is 6.37. The fourth-order valence-electron chi connectivity index (χ4n) is 2.81.